The summed E-state index contributed by atoms with van der Waals surface area (Å²) in [7, 11) is 0. The summed E-state index contributed by atoms with van der Waals surface area (Å²) < 4.78 is 1.64. The molecule has 1 aromatic carbocycles. The highest BCUT2D eigenvalue weighted by atomic mass is 79.9. The molecule has 92 valence electrons. The van der Waals surface area contributed by atoms with E-state index >= 15 is 0 Å². The maximum Gasteiger partial charge on any atom is 0.257 e. The van der Waals surface area contributed by atoms with Crippen LogP contribution in [0, 0.1) is 6.92 Å². The van der Waals surface area contributed by atoms with E-state index in [1.165, 1.54) is 6.20 Å². The van der Waals surface area contributed by atoms with E-state index in [0.717, 1.165) is 15.7 Å². The van der Waals surface area contributed by atoms with E-state index < -0.39 is 0 Å². The molecule has 1 N–H and O–H groups in total. The summed E-state index contributed by atoms with van der Waals surface area (Å²) in [6.07, 6.45) is 1.53. The monoisotopic (exact) mass is 368 g/mol. The fraction of sp³-hybridized carbons (Fsp3) is 0.0769. The van der Waals surface area contributed by atoms with Crippen LogP contribution in [0.2, 0.25) is 0 Å². The number of benzene rings is 1. The van der Waals surface area contributed by atoms with Crippen LogP contribution in [0.4, 0.5) is 5.69 Å². The zero-order chi connectivity index (χ0) is 13.1. The number of nitrogens with zero attached hydrogens (tertiary/aromatic N) is 1. The largest absolute Gasteiger partial charge is 0.322 e. The van der Waals surface area contributed by atoms with E-state index in [2.05, 4.69) is 42.2 Å². The minimum atomic E-state index is -0.174. The Kier molecular flexibility index (Phi) is 4.14. The molecule has 0 aliphatic heterocycles. The van der Waals surface area contributed by atoms with Crippen LogP contribution in [-0.2, 0) is 0 Å². The molecule has 0 saturated carbocycles. The van der Waals surface area contributed by atoms with Gasteiger partial charge in [-0.05, 0) is 58.7 Å². The van der Waals surface area contributed by atoms with Crippen molar-refractivity contribution < 1.29 is 4.79 Å². The van der Waals surface area contributed by atoms with Crippen molar-refractivity contribution in [1.29, 1.82) is 0 Å². The summed E-state index contributed by atoms with van der Waals surface area (Å²) in [5.41, 5.74) is 2.36. The van der Waals surface area contributed by atoms with Gasteiger partial charge in [0, 0.05) is 16.4 Å². The third-order valence-corrected chi connectivity index (χ3v) is 3.22. The SMILES string of the molecule is Cc1cc(Br)cc(NC(=O)c2ccc(Br)nc2)c1. The highest BCUT2D eigenvalue weighted by Crippen LogP contribution is 2.19. The molecule has 0 spiro atoms. The van der Waals surface area contributed by atoms with Gasteiger partial charge in [0.15, 0.2) is 0 Å². The molecule has 3 nitrogen and oxygen atoms in total. The molecule has 0 atom stereocenters. The normalized spacial score (nSPS) is 10.2. The summed E-state index contributed by atoms with van der Waals surface area (Å²) in [6.45, 7) is 1.97. The van der Waals surface area contributed by atoms with E-state index in [4.69, 9.17) is 0 Å². The summed E-state index contributed by atoms with van der Waals surface area (Å²) in [5.74, 6) is -0.174. The smallest absolute Gasteiger partial charge is 0.257 e. The van der Waals surface area contributed by atoms with Crippen molar-refractivity contribution in [2.24, 2.45) is 0 Å². The topological polar surface area (TPSA) is 42.0 Å². The highest BCUT2D eigenvalue weighted by molar-refractivity contribution is 9.10. The number of pyridine rings is 1. The quantitative estimate of drug-likeness (QED) is 0.807. The molecule has 1 amide bonds. The number of rotatable bonds is 2. The molecule has 1 heterocycles. The molecular formula is C13H10Br2N2O. The van der Waals surface area contributed by atoms with Crippen LogP contribution in [0.3, 0.4) is 0 Å². The maximum absolute atomic E-state index is 12.0. The number of carbonyl (C=O) groups excluding carboxylic acids is 1. The Hall–Kier alpha value is -1.20. The van der Waals surface area contributed by atoms with Gasteiger partial charge in [-0.3, -0.25) is 4.79 Å². The molecule has 0 aliphatic rings. The number of amides is 1. The molecule has 0 bridgehead atoms. The Morgan fingerprint density at radius 3 is 2.61 bits per heavy atom. The van der Waals surface area contributed by atoms with Gasteiger partial charge in [0.25, 0.3) is 5.91 Å². The molecule has 2 aromatic rings. The van der Waals surface area contributed by atoms with Crippen LogP contribution >= 0.6 is 31.9 Å². The first-order valence-corrected chi connectivity index (χ1v) is 6.83. The fourth-order valence-corrected chi connectivity index (χ4v) is 2.36. The van der Waals surface area contributed by atoms with E-state index in [1.54, 1.807) is 12.1 Å². The number of aryl methyl sites for hydroxylation is 1. The van der Waals surface area contributed by atoms with Gasteiger partial charge in [0.2, 0.25) is 0 Å². The van der Waals surface area contributed by atoms with E-state index in [-0.39, 0.29) is 5.91 Å². The summed E-state index contributed by atoms with van der Waals surface area (Å²) >= 11 is 6.63. The zero-order valence-corrected chi connectivity index (χ0v) is 12.7. The maximum atomic E-state index is 12.0. The van der Waals surface area contributed by atoms with Gasteiger partial charge >= 0.3 is 0 Å². The predicted molar refractivity (Wildman–Crippen MR) is 78.8 cm³/mol. The minimum absolute atomic E-state index is 0.174. The molecular weight excluding hydrogens is 360 g/mol. The Labute approximate surface area is 122 Å². The second kappa shape index (κ2) is 5.63. The molecule has 0 unspecified atom stereocenters. The third kappa shape index (κ3) is 3.40. The number of carbonyl (C=O) groups is 1. The number of hydrogen-bond acceptors (Lipinski definition) is 2. The predicted octanol–water partition coefficient (Wildman–Crippen LogP) is 4.17. The van der Waals surface area contributed by atoms with Crippen molar-refractivity contribution in [1.82, 2.24) is 4.98 Å². The average molecular weight is 370 g/mol. The molecule has 0 radical (unpaired) electrons. The van der Waals surface area contributed by atoms with Crippen molar-refractivity contribution in [3.05, 3.63) is 56.7 Å². The number of aromatic nitrogens is 1. The first-order valence-electron chi connectivity index (χ1n) is 5.25. The van der Waals surface area contributed by atoms with Gasteiger partial charge in [0.1, 0.15) is 4.60 Å². The molecule has 0 fully saturated rings. The lowest BCUT2D eigenvalue weighted by atomic mass is 10.2. The van der Waals surface area contributed by atoms with Gasteiger partial charge in [0.05, 0.1) is 5.56 Å². The van der Waals surface area contributed by atoms with Crippen molar-refractivity contribution in [2.75, 3.05) is 5.32 Å². The summed E-state index contributed by atoms with van der Waals surface area (Å²) in [4.78, 5) is 16.0. The molecule has 1 aromatic heterocycles. The van der Waals surface area contributed by atoms with Crippen LogP contribution in [0.15, 0.2) is 45.6 Å². The van der Waals surface area contributed by atoms with Crippen LogP contribution in [0.5, 0.6) is 0 Å². The average Bonchev–Trinajstić information content (AvgIpc) is 2.28. The van der Waals surface area contributed by atoms with E-state index in [0.29, 0.717) is 10.2 Å². The highest BCUT2D eigenvalue weighted by Gasteiger charge is 2.07. The van der Waals surface area contributed by atoms with Crippen LogP contribution < -0.4 is 5.32 Å². The van der Waals surface area contributed by atoms with Crippen LogP contribution in [-0.4, -0.2) is 10.9 Å². The first kappa shape index (κ1) is 13.2. The van der Waals surface area contributed by atoms with Crippen LogP contribution in [0.25, 0.3) is 0 Å². The molecule has 18 heavy (non-hydrogen) atoms. The van der Waals surface area contributed by atoms with Crippen molar-refractivity contribution >= 4 is 43.5 Å². The Balaban J connectivity index is 2.18. The van der Waals surface area contributed by atoms with Crippen LogP contribution in [0.1, 0.15) is 15.9 Å². The second-order valence-electron chi connectivity index (χ2n) is 3.84. The van der Waals surface area contributed by atoms with Gasteiger partial charge in [-0.25, -0.2) is 4.98 Å². The van der Waals surface area contributed by atoms with Gasteiger partial charge < -0.3 is 5.32 Å². The zero-order valence-electron chi connectivity index (χ0n) is 9.58. The van der Waals surface area contributed by atoms with Gasteiger partial charge in [-0.1, -0.05) is 15.9 Å². The molecule has 0 aliphatic carbocycles. The molecule has 5 heteroatoms. The number of anilines is 1. The molecule has 0 saturated heterocycles. The Bertz CT molecular complexity index is 562. The fourth-order valence-electron chi connectivity index (χ4n) is 1.52. The van der Waals surface area contributed by atoms with Gasteiger partial charge in [-0.15, -0.1) is 0 Å². The van der Waals surface area contributed by atoms with E-state index in [1.807, 2.05) is 25.1 Å². The van der Waals surface area contributed by atoms with Gasteiger partial charge in [-0.2, -0.15) is 0 Å². The molecule has 2 rings (SSSR count). The summed E-state index contributed by atoms with van der Waals surface area (Å²) in [5, 5.41) is 2.84. The summed E-state index contributed by atoms with van der Waals surface area (Å²) in [6, 6.07) is 9.21. The second-order valence-corrected chi connectivity index (χ2v) is 5.57. The standard InChI is InChI=1S/C13H10Br2N2O/c1-8-4-10(14)6-11(5-8)17-13(18)9-2-3-12(15)16-7-9/h2-7H,1H3,(H,17,18). The first-order chi connectivity index (χ1) is 8.54. The van der Waals surface area contributed by atoms with Crippen molar-refractivity contribution in [3.8, 4) is 0 Å². The van der Waals surface area contributed by atoms with Crippen molar-refractivity contribution in [3.63, 3.8) is 0 Å². The number of nitrogens with one attached hydrogen (secondary N) is 1. The Morgan fingerprint density at radius 1 is 1.22 bits per heavy atom. The lowest BCUT2D eigenvalue weighted by Gasteiger charge is -2.06. The van der Waals surface area contributed by atoms with Crippen molar-refractivity contribution in [2.45, 2.75) is 6.92 Å². The number of halogens is 2. The lowest BCUT2D eigenvalue weighted by Crippen LogP contribution is -2.12. The Morgan fingerprint density at radius 2 is 2.00 bits per heavy atom. The van der Waals surface area contributed by atoms with E-state index in [9.17, 15) is 4.79 Å². The third-order valence-electron chi connectivity index (χ3n) is 2.29. The minimum Gasteiger partial charge on any atom is -0.322 e. The lowest BCUT2D eigenvalue weighted by molar-refractivity contribution is 0.102. The number of hydrogen-bond donors (Lipinski definition) is 1.